The molecular weight excluding hydrogens is 226 g/mol. The summed E-state index contributed by atoms with van der Waals surface area (Å²) >= 11 is 0. The average molecular weight is 253 g/mol. The van der Waals surface area contributed by atoms with E-state index < -0.39 is 0 Å². The van der Waals surface area contributed by atoms with Crippen LogP contribution in [0.2, 0.25) is 0 Å². The molecule has 1 heterocycles. The van der Waals surface area contributed by atoms with Gasteiger partial charge in [0, 0.05) is 24.0 Å². The second kappa shape index (κ2) is 6.02. The lowest BCUT2D eigenvalue weighted by atomic mass is 9.86. The Hall–Kier alpha value is -0.610. The molecule has 0 aromatic carbocycles. The quantitative estimate of drug-likeness (QED) is 0.789. The molecule has 2 aliphatic rings. The maximum Gasteiger partial charge on any atom is 0.237 e. The Labute approximate surface area is 110 Å². The first-order valence-electron chi connectivity index (χ1n) is 7.42. The number of rotatable bonds is 2. The van der Waals surface area contributed by atoms with E-state index in [1.807, 2.05) is 0 Å². The van der Waals surface area contributed by atoms with Crippen molar-refractivity contribution in [3.05, 3.63) is 0 Å². The number of carbonyl (C=O) groups excluding carboxylic acids is 1. The minimum Gasteiger partial charge on any atom is -0.328 e. The summed E-state index contributed by atoms with van der Waals surface area (Å²) in [5.41, 5.74) is 9.04. The zero-order valence-corrected chi connectivity index (χ0v) is 11.7. The maximum absolute atomic E-state index is 12.3. The number of carbonyl (C=O) groups is 1. The van der Waals surface area contributed by atoms with E-state index in [1.165, 1.54) is 19.3 Å². The van der Waals surface area contributed by atoms with Gasteiger partial charge >= 0.3 is 0 Å². The van der Waals surface area contributed by atoms with E-state index >= 15 is 0 Å². The van der Waals surface area contributed by atoms with Gasteiger partial charge in [-0.15, -0.1) is 0 Å². The summed E-state index contributed by atoms with van der Waals surface area (Å²) in [4.78, 5) is 12.3. The van der Waals surface area contributed by atoms with Crippen LogP contribution in [0.3, 0.4) is 0 Å². The van der Waals surface area contributed by atoms with Crippen molar-refractivity contribution in [3.8, 4) is 0 Å². The summed E-state index contributed by atoms with van der Waals surface area (Å²) in [7, 11) is 0. The topological polar surface area (TPSA) is 58.4 Å². The van der Waals surface area contributed by atoms with Gasteiger partial charge in [0.05, 0.1) is 0 Å². The van der Waals surface area contributed by atoms with Crippen molar-refractivity contribution in [2.24, 2.45) is 11.7 Å². The summed E-state index contributed by atoms with van der Waals surface area (Å²) < 4.78 is 0. The fourth-order valence-corrected chi connectivity index (χ4v) is 3.24. The van der Waals surface area contributed by atoms with Gasteiger partial charge in [-0.25, -0.2) is 5.01 Å². The molecule has 2 fully saturated rings. The van der Waals surface area contributed by atoms with Gasteiger partial charge in [-0.2, -0.15) is 0 Å². The Kier molecular flexibility index (Phi) is 4.62. The third-order valence-corrected chi connectivity index (χ3v) is 4.58. The number of piperidine rings is 1. The van der Waals surface area contributed by atoms with Crippen LogP contribution in [0.5, 0.6) is 0 Å². The lowest BCUT2D eigenvalue weighted by molar-refractivity contribution is -0.134. The Balaban J connectivity index is 1.86. The van der Waals surface area contributed by atoms with E-state index in [4.69, 9.17) is 5.73 Å². The molecule has 0 spiro atoms. The summed E-state index contributed by atoms with van der Waals surface area (Å²) in [5, 5.41) is 2.17. The van der Waals surface area contributed by atoms with Gasteiger partial charge in [-0.3, -0.25) is 10.2 Å². The highest BCUT2D eigenvalue weighted by Crippen LogP contribution is 2.25. The monoisotopic (exact) mass is 253 g/mol. The van der Waals surface area contributed by atoms with Gasteiger partial charge in [0.15, 0.2) is 0 Å². The van der Waals surface area contributed by atoms with Gasteiger partial charge in [0.2, 0.25) is 5.91 Å². The summed E-state index contributed by atoms with van der Waals surface area (Å²) in [5.74, 6) is 0.383. The van der Waals surface area contributed by atoms with E-state index in [0.29, 0.717) is 18.1 Å². The van der Waals surface area contributed by atoms with Crippen LogP contribution in [-0.4, -0.2) is 29.0 Å². The fourth-order valence-electron chi connectivity index (χ4n) is 3.24. The molecule has 4 heteroatoms. The Morgan fingerprint density at radius 2 is 1.61 bits per heavy atom. The van der Waals surface area contributed by atoms with Crippen molar-refractivity contribution >= 4 is 5.91 Å². The van der Waals surface area contributed by atoms with E-state index in [2.05, 4.69) is 24.3 Å². The van der Waals surface area contributed by atoms with Crippen molar-refractivity contribution in [3.63, 3.8) is 0 Å². The molecule has 1 saturated carbocycles. The number of hydrogen-bond donors (Lipinski definition) is 2. The molecule has 1 amide bonds. The summed E-state index contributed by atoms with van der Waals surface area (Å²) in [6.45, 7) is 4.40. The molecule has 1 aliphatic carbocycles. The third-order valence-electron chi connectivity index (χ3n) is 4.58. The lowest BCUT2D eigenvalue weighted by Crippen LogP contribution is -2.55. The van der Waals surface area contributed by atoms with Gasteiger partial charge in [-0.05, 0) is 52.4 Å². The Morgan fingerprint density at radius 3 is 2.17 bits per heavy atom. The van der Waals surface area contributed by atoms with E-state index in [-0.39, 0.29) is 11.8 Å². The van der Waals surface area contributed by atoms with E-state index in [9.17, 15) is 4.79 Å². The standard InChI is InChI=1S/C14H27N3O/c1-10-4-3-5-11(2)17(10)16-14(18)12-6-8-13(15)9-7-12/h10-13H,3-9,15H2,1-2H3,(H,16,18). The number of hydrazine groups is 1. The molecule has 0 radical (unpaired) electrons. The molecule has 2 unspecified atom stereocenters. The van der Waals surface area contributed by atoms with Crippen LogP contribution < -0.4 is 11.2 Å². The van der Waals surface area contributed by atoms with Crippen LogP contribution in [0.15, 0.2) is 0 Å². The van der Waals surface area contributed by atoms with Gasteiger partial charge < -0.3 is 5.73 Å². The normalized spacial score (nSPS) is 38.4. The van der Waals surface area contributed by atoms with E-state index in [0.717, 1.165) is 25.7 Å². The van der Waals surface area contributed by atoms with Crippen LogP contribution in [0, 0.1) is 5.92 Å². The first kappa shape index (κ1) is 13.8. The summed E-state index contributed by atoms with van der Waals surface area (Å²) in [6.07, 6.45) is 7.51. The Morgan fingerprint density at radius 1 is 1.06 bits per heavy atom. The molecule has 4 nitrogen and oxygen atoms in total. The first-order valence-corrected chi connectivity index (χ1v) is 7.42. The van der Waals surface area contributed by atoms with Crippen molar-refractivity contribution < 1.29 is 4.79 Å². The summed E-state index contributed by atoms with van der Waals surface area (Å²) in [6, 6.07) is 1.23. The van der Waals surface area contributed by atoms with Crippen molar-refractivity contribution in [1.82, 2.24) is 10.4 Å². The molecule has 0 bridgehead atoms. The van der Waals surface area contributed by atoms with E-state index in [1.54, 1.807) is 0 Å². The predicted molar refractivity (Wildman–Crippen MR) is 72.7 cm³/mol. The largest absolute Gasteiger partial charge is 0.328 e. The third kappa shape index (κ3) is 3.23. The number of nitrogens with one attached hydrogen (secondary N) is 1. The molecule has 1 aliphatic heterocycles. The highest BCUT2D eigenvalue weighted by atomic mass is 16.2. The molecule has 104 valence electrons. The number of amides is 1. The van der Waals surface area contributed by atoms with Crippen LogP contribution in [0.25, 0.3) is 0 Å². The molecule has 18 heavy (non-hydrogen) atoms. The fraction of sp³-hybridized carbons (Fsp3) is 0.929. The SMILES string of the molecule is CC1CCCC(C)N1NC(=O)C1CCC(N)CC1. The molecule has 0 aromatic rings. The lowest BCUT2D eigenvalue weighted by Gasteiger charge is -2.40. The number of nitrogens with two attached hydrogens (primary N) is 1. The van der Waals surface area contributed by atoms with Gasteiger partial charge in [0.25, 0.3) is 0 Å². The number of nitrogens with zero attached hydrogens (tertiary/aromatic N) is 1. The van der Waals surface area contributed by atoms with Crippen LogP contribution >= 0.6 is 0 Å². The van der Waals surface area contributed by atoms with Crippen LogP contribution in [0.4, 0.5) is 0 Å². The predicted octanol–water partition coefficient (Wildman–Crippen LogP) is 1.80. The van der Waals surface area contributed by atoms with Crippen molar-refractivity contribution in [1.29, 1.82) is 0 Å². The zero-order valence-electron chi connectivity index (χ0n) is 11.7. The van der Waals surface area contributed by atoms with Gasteiger partial charge in [0.1, 0.15) is 0 Å². The number of hydrogen-bond acceptors (Lipinski definition) is 3. The van der Waals surface area contributed by atoms with Crippen LogP contribution in [-0.2, 0) is 4.79 Å². The molecule has 3 N–H and O–H groups in total. The highest BCUT2D eigenvalue weighted by molar-refractivity contribution is 5.78. The second-order valence-corrected chi connectivity index (χ2v) is 6.12. The minimum absolute atomic E-state index is 0.172. The molecule has 2 rings (SSSR count). The highest BCUT2D eigenvalue weighted by Gasteiger charge is 2.30. The first-order chi connectivity index (χ1) is 8.58. The van der Waals surface area contributed by atoms with Crippen molar-refractivity contribution in [2.75, 3.05) is 0 Å². The van der Waals surface area contributed by atoms with Crippen molar-refractivity contribution in [2.45, 2.75) is 76.9 Å². The Bertz CT molecular complexity index is 277. The smallest absolute Gasteiger partial charge is 0.237 e. The minimum atomic E-state index is 0.172. The van der Waals surface area contributed by atoms with Crippen LogP contribution in [0.1, 0.15) is 58.8 Å². The molecule has 1 saturated heterocycles. The van der Waals surface area contributed by atoms with Gasteiger partial charge in [-0.1, -0.05) is 6.42 Å². The zero-order chi connectivity index (χ0) is 13.1. The maximum atomic E-state index is 12.3. The molecular formula is C14H27N3O. The molecule has 0 aromatic heterocycles. The average Bonchev–Trinajstić information content (AvgIpc) is 2.34. The molecule has 2 atom stereocenters. The second-order valence-electron chi connectivity index (χ2n) is 6.12.